The van der Waals surface area contributed by atoms with E-state index in [9.17, 15) is 9.59 Å². The van der Waals surface area contributed by atoms with Crippen molar-refractivity contribution in [2.75, 3.05) is 13.1 Å². The van der Waals surface area contributed by atoms with Crippen molar-refractivity contribution >= 4 is 11.8 Å². The van der Waals surface area contributed by atoms with Crippen LogP contribution in [0.5, 0.6) is 0 Å². The highest BCUT2D eigenvalue weighted by molar-refractivity contribution is 5.89. The van der Waals surface area contributed by atoms with E-state index in [-0.39, 0.29) is 17.7 Å². The van der Waals surface area contributed by atoms with Crippen LogP contribution in [0.1, 0.15) is 32.8 Å². The molecule has 20 heavy (non-hydrogen) atoms. The second kappa shape index (κ2) is 5.65. The van der Waals surface area contributed by atoms with Crippen molar-refractivity contribution in [3.05, 3.63) is 35.9 Å². The van der Waals surface area contributed by atoms with Gasteiger partial charge in [0.05, 0.1) is 11.5 Å². The Balaban J connectivity index is 2.03. The molecule has 1 fully saturated rings. The minimum absolute atomic E-state index is 0.0387. The first-order valence-corrected chi connectivity index (χ1v) is 7.09. The van der Waals surface area contributed by atoms with Gasteiger partial charge in [0, 0.05) is 19.5 Å². The van der Waals surface area contributed by atoms with Crippen LogP contribution in [-0.2, 0) is 15.1 Å². The summed E-state index contributed by atoms with van der Waals surface area (Å²) >= 11 is 0. The van der Waals surface area contributed by atoms with Crippen molar-refractivity contribution < 1.29 is 9.59 Å². The molecule has 0 radical (unpaired) electrons. The fourth-order valence-electron chi connectivity index (χ4n) is 2.59. The zero-order valence-corrected chi connectivity index (χ0v) is 12.3. The Kier molecular flexibility index (Phi) is 4.12. The number of carbonyl (C=O) groups is 2. The van der Waals surface area contributed by atoms with Crippen molar-refractivity contribution in [1.82, 2.24) is 10.2 Å². The second-order valence-corrected chi connectivity index (χ2v) is 5.81. The molecule has 1 atom stereocenters. The number of rotatable bonds is 4. The highest BCUT2D eigenvalue weighted by Crippen LogP contribution is 2.23. The van der Waals surface area contributed by atoms with Crippen molar-refractivity contribution in [2.24, 2.45) is 5.92 Å². The van der Waals surface area contributed by atoms with E-state index in [1.165, 1.54) is 0 Å². The molecule has 0 aliphatic carbocycles. The average Bonchev–Trinajstić information content (AvgIpc) is 2.81. The lowest BCUT2D eigenvalue weighted by molar-refractivity contribution is -0.129. The topological polar surface area (TPSA) is 49.4 Å². The monoisotopic (exact) mass is 274 g/mol. The molecule has 1 aromatic carbocycles. The van der Waals surface area contributed by atoms with Crippen LogP contribution >= 0.6 is 0 Å². The number of hydrogen-bond donors (Lipinski definition) is 1. The van der Waals surface area contributed by atoms with Crippen LogP contribution in [0.4, 0.5) is 0 Å². The highest BCUT2D eigenvalue weighted by atomic mass is 16.2. The average molecular weight is 274 g/mol. The van der Waals surface area contributed by atoms with Gasteiger partial charge < -0.3 is 10.2 Å². The minimum Gasteiger partial charge on any atom is -0.347 e. The lowest BCUT2D eigenvalue weighted by atomic mass is 9.93. The van der Waals surface area contributed by atoms with Crippen molar-refractivity contribution in [1.29, 1.82) is 0 Å². The number of hydrogen-bond acceptors (Lipinski definition) is 2. The summed E-state index contributed by atoms with van der Waals surface area (Å²) in [4.78, 5) is 25.8. The van der Waals surface area contributed by atoms with Gasteiger partial charge in [-0.1, -0.05) is 30.3 Å². The maximum atomic E-state index is 12.4. The van der Waals surface area contributed by atoms with E-state index >= 15 is 0 Å². The van der Waals surface area contributed by atoms with E-state index in [1.807, 2.05) is 51.1 Å². The molecule has 0 bridgehead atoms. The van der Waals surface area contributed by atoms with Gasteiger partial charge >= 0.3 is 0 Å². The first kappa shape index (κ1) is 14.6. The van der Waals surface area contributed by atoms with Crippen LogP contribution in [0.15, 0.2) is 30.3 Å². The van der Waals surface area contributed by atoms with Gasteiger partial charge in [-0.15, -0.1) is 0 Å². The van der Waals surface area contributed by atoms with Gasteiger partial charge in [0.2, 0.25) is 11.8 Å². The standard InChI is InChI=1S/C16H22N2O2/c1-4-18-11-12(10-14(18)19)15(20)17-16(2,3)13-8-6-5-7-9-13/h5-9,12H,4,10-11H2,1-3H3,(H,17,20). The molecule has 2 amide bonds. The van der Waals surface area contributed by atoms with Gasteiger partial charge in [0.15, 0.2) is 0 Å². The highest BCUT2D eigenvalue weighted by Gasteiger charge is 2.35. The van der Waals surface area contributed by atoms with Crippen molar-refractivity contribution in [2.45, 2.75) is 32.7 Å². The lowest BCUT2D eigenvalue weighted by Crippen LogP contribution is -2.44. The Hall–Kier alpha value is -1.84. The van der Waals surface area contributed by atoms with E-state index < -0.39 is 5.54 Å². The molecule has 4 nitrogen and oxygen atoms in total. The van der Waals surface area contributed by atoms with Crippen LogP contribution in [0, 0.1) is 5.92 Å². The maximum absolute atomic E-state index is 12.4. The van der Waals surface area contributed by atoms with Crippen LogP contribution in [-0.4, -0.2) is 29.8 Å². The van der Waals surface area contributed by atoms with Crippen molar-refractivity contribution in [3.63, 3.8) is 0 Å². The Morgan fingerprint density at radius 3 is 2.55 bits per heavy atom. The van der Waals surface area contributed by atoms with Gasteiger partial charge in [-0.25, -0.2) is 0 Å². The van der Waals surface area contributed by atoms with E-state index in [0.29, 0.717) is 19.5 Å². The van der Waals surface area contributed by atoms with Gasteiger partial charge in [-0.2, -0.15) is 0 Å². The fourth-order valence-corrected chi connectivity index (χ4v) is 2.59. The Labute approximate surface area is 120 Å². The van der Waals surface area contributed by atoms with Gasteiger partial charge in [-0.3, -0.25) is 9.59 Å². The number of benzene rings is 1. The molecule has 1 unspecified atom stereocenters. The molecule has 1 aliphatic heterocycles. The summed E-state index contributed by atoms with van der Waals surface area (Å²) in [5, 5.41) is 3.06. The van der Waals surface area contributed by atoms with E-state index in [2.05, 4.69) is 5.32 Å². The molecule has 1 aliphatic rings. The van der Waals surface area contributed by atoms with E-state index in [1.54, 1.807) is 4.90 Å². The van der Waals surface area contributed by atoms with Gasteiger partial charge in [0.25, 0.3) is 0 Å². The quantitative estimate of drug-likeness (QED) is 0.911. The molecule has 1 heterocycles. The molecule has 0 aromatic heterocycles. The predicted octanol–water partition coefficient (Wildman–Crippen LogP) is 1.91. The molecule has 0 saturated carbocycles. The number of likely N-dealkylation sites (tertiary alicyclic amines) is 1. The number of nitrogens with one attached hydrogen (secondary N) is 1. The molecule has 4 heteroatoms. The van der Waals surface area contributed by atoms with Crippen molar-refractivity contribution in [3.8, 4) is 0 Å². The summed E-state index contributed by atoms with van der Waals surface area (Å²) in [5.74, 6) is -0.196. The van der Waals surface area contributed by atoms with Gasteiger partial charge in [0.1, 0.15) is 0 Å². The second-order valence-electron chi connectivity index (χ2n) is 5.81. The first-order valence-electron chi connectivity index (χ1n) is 7.09. The Morgan fingerprint density at radius 2 is 2.00 bits per heavy atom. The number of amides is 2. The normalized spacial score (nSPS) is 19.2. The summed E-state index contributed by atoms with van der Waals surface area (Å²) in [6.45, 7) is 7.10. The lowest BCUT2D eigenvalue weighted by Gasteiger charge is -2.28. The Morgan fingerprint density at radius 1 is 1.35 bits per heavy atom. The maximum Gasteiger partial charge on any atom is 0.226 e. The molecule has 108 valence electrons. The molecule has 0 spiro atoms. The third-order valence-electron chi connectivity index (χ3n) is 3.90. The fraction of sp³-hybridized carbons (Fsp3) is 0.500. The summed E-state index contributed by atoms with van der Waals surface area (Å²) in [7, 11) is 0. The predicted molar refractivity (Wildman–Crippen MR) is 78.0 cm³/mol. The SMILES string of the molecule is CCN1CC(C(=O)NC(C)(C)c2ccccc2)CC1=O. The molecule has 1 N–H and O–H groups in total. The van der Waals surface area contributed by atoms with Crippen LogP contribution < -0.4 is 5.32 Å². The largest absolute Gasteiger partial charge is 0.347 e. The summed E-state index contributed by atoms with van der Waals surface area (Å²) in [6.07, 6.45) is 0.324. The van der Waals surface area contributed by atoms with E-state index in [4.69, 9.17) is 0 Å². The first-order chi connectivity index (χ1) is 9.44. The molecule has 1 saturated heterocycles. The minimum atomic E-state index is -0.430. The zero-order chi connectivity index (χ0) is 14.8. The summed E-state index contributed by atoms with van der Waals surface area (Å²) in [6, 6.07) is 9.87. The molecule has 2 rings (SSSR count). The molecular formula is C16H22N2O2. The third kappa shape index (κ3) is 3.00. The molecule has 1 aromatic rings. The summed E-state index contributed by atoms with van der Waals surface area (Å²) in [5.41, 5.74) is 0.631. The zero-order valence-electron chi connectivity index (χ0n) is 12.3. The Bertz CT molecular complexity index is 496. The van der Waals surface area contributed by atoms with Gasteiger partial charge in [-0.05, 0) is 26.3 Å². The van der Waals surface area contributed by atoms with E-state index in [0.717, 1.165) is 5.56 Å². The van der Waals surface area contributed by atoms with Crippen LogP contribution in [0.25, 0.3) is 0 Å². The number of carbonyl (C=O) groups excluding carboxylic acids is 2. The van der Waals surface area contributed by atoms with Crippen LogP contribution in [0.3, 0.4) is 0 Å². The third-order valence-corrected chi connectivity index (χ3v) is 3.90. The van der Waals surface area contributed by atoms with Crippen LogP contribution in [0.2, 0.25) is 0 Å². The number of nitrogens with zero attached hydrogens (tertiary/aromatic N) is 1. The smallest absolute Gasteiger partial charge is 0.226 e. The summed E-state index contributed by atoms with van der Waals surface area (Å²) < 4.78 is 0. The molecular weight excluding hydrogens is 252 g/mol.